The van der Waals surface area contributed by atoms with Crippen molar-refractivity contribution in [1.29, 1.82) is 0 Å². The number of rotatable bonds is 4. The fraction of sp³-hybridized carbons (Fsp3) is 0.280. The maximum Gasteiger partial charge on any atom is 0.262 e. The number of aryl methyl sites for hydroxylation is 1. The smallest absolute Gasteiger partial charge is 0.262 e. The van der Waals surface area contributed by atoms with Crippen LogP contribution in [0.4, 0.5) is 11.4 Å². The maximum atomic E-state index is 11.5. The highest BCUT2D eigenvalue weighted by Crippen LogP contribution is 2.29. The first kappa shape index (κ1) is 22.1. The second-order valence-electron chi connectivity index (χ2n) is 8.08. The van der Waals surface area contributed by atoms with Crippen LogP contribution in [0.3, 0.4) is 0 Å². The summed E-state index contributed by atoms with van der Waals surface area (Å²) in [7, 11) is 0. The van der Waals surface area contributed by atoms with Gasteiger partial charge in [0.2, 0.25) is 0 Å². The Morgan fingerprint density at radius 1 is 1.09 bits per heavy atom. The highest BCUT2D eigenvalue weighted by Gasteiger charge is 2.18. The average molecular weight is 451 g/mol. The Kier molecular flexibility index (Phi) is 6.63. The molecule has 1 saturated heterocycles. The molecular weight excluding hydrogens is 424 g/mol. The number of halogens is 1. The second-order valence-corrected chi connectivity index (χ2v) is 8.08. The van der Waals surface area contributed by atoms with Crippen LogP contribution in [0, 0.1) is 6.92 Å². The molecular formula is C25H27ClN4O2. The molecule has 1 fully saturated rings. The predicted octanol–water partition coefficient (Wildman–Crippen LogP) is 4.13. The average Bonchev–Trinajstić information content (AvgIpc) is 2.79. The number of anilines is 2. The number of benzene rings is 2. The molecule has 1 N–H and O–H groups in total. The van der Waals surface area contributed by atoms with Crippen molar-refractivity contribution in [2.45, 2.75) is 6.92 Å². The lowest BCUT2D eigenvalue weighted by molar-refractivity contribution is -0.118. The number of amides is 1. The summed E-state index contributed by atoms with van der Waals surface area (Å²) in [5.41, 5.74) is 5.19. The molecule has 7 heteroatoms. The van der Waals surface area contributed by atoms with Crippen molar-refractivity contribution in [1.82, 2.24) is 9.88 Å². The molecule has 6 nitrogen and oxygen atoms in total. The number of fused-ring (bicyclic) bond motifs is 2. The van der Waals surface area contributed by atoms with E-state index in [2.05, 4.69) is 62.6 Å². The summed E-state index contributed by atoms with van der Waals surface area (Å²) in [4.78, 5) is 21.1. The van der Waals surface area contributed by atoms with Crippen molar-refractivity contribution < 1.29 is 9.53 Å². The van der Waals surface area contributed by atoms with Crippen molar-refractivity contribution in [3.63, 3.8) is 0 Å². The fourth-order valence-electron chi connectivity index (χ4n) is 4.23. The van der Waals surface area contributed by atoms with Gasteiger partial charge in [0.05, 0.1) is 11.2 Å². The van der Waals surface area contributed by atoms with E-state index in [0.717, 1.165) is 60.9 Å². The van der Waals surface area contributed by atoms with Gasteiger partial charge in [-0.05, 0) is 48.9 Å². The highest BCUT2D eigenvalue weighted by atomic mass is 35.5. The van der Waals surface area contributed by atoms with Gasteiger partial charge in [0.25, 0.3) is 5.91 Å². The minimum absolute atomic E-state index is 0. The monoisotopic (exact) mass is 450 g/mol. The number of ether oxygens (including phenoxy) is 1. The zero-order valence-electron chi connectivity index (χ0n) is 18.1. The Bertz CT molecular complexity index is 1160. The first-order valence-corrected chi connectivity index (χ1v) is 10.7. The molecule has 0 atom stereocenters. The quantitative estimate of drug-likeness (QED) is 0.647. The third kappa shape index (κ3) is 4.71. The highest BCUT2D eigenvalue weighted by molar-refractivity contribution is 5.95. The van der Waals surface area contributed by atoms with Crippen molar-refractivity contribution >= 4 is 46.7 Å². The van der Waals surface area contributed by atoms with Crippen LogP contribution in [-0.2, 0) is 4.79 Å². The summed E-state index contributed by atoms with van der Waals surface area (Å²) < 4.78 is 5.42. The zero-order valence-corrected chi connectivity index (χ0v) is 18.9. The molecule has 0 unspecified atom stereocenters. The summed E-state index contributed by atoms with van der Waals surface area (Å²) in [5.74, 6) is 0.621. The number of piperazine rings is 1. The van der Waals surface area contributed by atoms with Crippen molar-refractivity contribution in [3.05, 3.63) is 65.9 Å². The van der Waals surface area contributed by atoms with Crippen LogP contribution in [0.5, 0.6) is 5.75 Å². The van der Waals surface area contributed by atoms with Crippen LogP contribution in [0.25, 0.3) is 17.0 Å². The molecule has 0 aliphatic carbocycles. The first-order chi connectivity index (χ1) is 15.2. The predicted molar refractivity (Wildman–Crippen MR) is 132 cm³/mol. The molecule has 32 heavy (non-hydrogen) atoms. The Morgan fingerprint density at radius 2 is 1.94 bits per heavy atom. The Labute approximate surface area is 194 Å². The molecule has 1 aromatic heterocycles. The lowest BCUT2D eigenvalue weighted by Crippen LogP contribution is -2.46. The van der Waals surface area contributed by atoms with Crippen LogP contribution in [-0.4, -0.2) is 55.1 Å². The minimum Gasteiger partial charge on any atom is -0.482 e. The lowest BCUT2D eigenvalue weighted by atomic mass is 10.1. The van der Waals surface area contributed by atoms with Crippen molar-refractivity contribution in [2.24, 2.45) is 0 Å². The van der Waals surface area contributed by atoms with Gasteiger partial charge in [-0.1, -0.05) is 24.3 Å². The molecule has 2 aliphatic heterocycles. The van der Waals surface area contributed by atoms with Crippen LogP contribution < -0.4 is 15.0 Å². The molecule has 0 radical (unpaired) electrons. The van der Waals surface area contributed by atoms with Gasteiger partial charge in [0.1, 0.15) is 5.75 Å². The van der Waals surface area contributed by atoms with E-state index in [1.165, 1.54) is 11.1 Å². The summed E-state index contributed by atoms with van der Waals surface area (Å²) in [6, 6.07) is 16.6. The first-order valence-electron chi connectivity index (χ1n) is 10.7. The molecule has 1 amide bonds. The second kappa shape index (κ2) is 9.59. The van der Waals surface area contributed by atoms with Gasteiger partial charge >= 0.3 is 0 Å². The molecule has 0 saturated carbocycles. The molecule has 2 aliphatic rings. The number of aromatic nitrogens is 1. The zero-order chi connectivity index (χ0) is 21.2. The Hall–Kier alpha value is -3.09. The Balaban J connectivity index is 0.00000245. The van der Waals surface area contributed by atoms with Crippen LogP contribution in [0.15, 0.2) is 54.6 Å². The number of hydrogen-bond donors (Lipinski definition) is 1. The molecule has 166 valence electrons. The normalized spacial score (nSPS) is 16.4. The van der Waals surface area contributed by atoms with E-state index in [0.29, 0.717) is 0 Å². The number of nitrogens with zero attached hydrogens (tertiary/aromatic N) is 3. The van der Waals surface area contributed by atoms with Gasteiger partial charge in [-0.2, -0.15) is 0 Å². The van der Waals surface area contributed by atoms with E-state index in [4.69, 9.17) is 4.74 Å². The topological polar surface area (TPSA) is 57.7 Å². The number of pyridine rings is 1. The van der Waals surface area contributed by atoms with E-state index in [9.17, 15) is 4.79 Å². The molecule has 3 heterocycles. The molecule has 0 spiro atoms. The van der Waals surface area contributed by atoms with Gasteiger partial charge in [-0.25, -0.2) is 0 Å². The van der Waals surface area contributed by atoms with E-state index in [-0.39, 0.29) is 24.9 Å². The van der Waals surface area contributed by atoms with Crippen molar-refractivity contribution in [3.8, 4) is 5.75 Å². The van der Waals surface area contributed by atoms with Gasteiger partial charge in [-0.3, -0.25) is 14.7 Å². The van der Waals surface area contributed by atoms with E-state index in [1.807, 2.05) is 25.1 Å². The third-order valence-corrected chi connectivity index (χ3v) is 5.87. The molecule has 2 aromatic carbocycles. The van der Waals surface area contributed by atoms with Crippen LogP contribution >= 0.6 is 12.4 Å². The van der Waals surface area contributed by atoms with Gasteiger partial charge in [-0.15, -0.1) is 12.4 Å². The standard InChI is InChI=1S/C25H26N4O2.ClH/c1-18-7-9-20-21(26-18)5-2-6-23(20)29-14-12-28(13-15-29)11-3-4-19-8-10-24-22(16-19)27-25(30)17-31-24;/h2-10,16H,11-15,17H2,1H3,(H,27,30);1H/b4-3+;. The lowest BCUT2D eigenvalue weighted by Gasteiger charge is -2.36. The van der Waals surface area contributed by atoms with Crippen LogP contribution in [0.2, 0.25) is 0 Å². The molecule has 0 bridgehead atoms. The summed E-state index contributed by atoms with van der Waals surface area (Å²) >= 11 is 0. The van der Waals surface area contributed by atoms with Gasteiger partial charge in [0, 0.05) is 49.5 Å². The molecule has 3 aromatic rings. The largest absolute Gasteiger partial charge is 0.482 e. The third-order valence-electron chi connectivity index (χ3n) is 5.87. The summed E-state index contributed by atoms with van der Waals surface area (Å²) in [6.07, 6.45) is 4.29. The van der Waals surface area contributed by atoms with E-state index >= 15 is 0 Å². The number of hydrogen-bond acceptors (Lipinski definition) is 5. The van der Waals surface area contributed by atoms with E-state index in [1.54, 1.807) is 0 Å². The van der Waals surface area contributed by atoms with Gasteiger partial charge in [0.15, 0.2) is 6.61 Å². The summed E-state index contributed by atoms with van der Waals surface area (Å²) in [5, 5.41) is 4.08. The summed E-state index contributed by atoms with van der Waals surface area (Å²) in [6.45, 7) is 7.08. The fourth-order valence-corrected chi connectivity index (χ4v) is 4.23. The maximum absolute atomic E-state index is 11.5. The number of nitrogens with one attached hydrogen (secondary N) is 1. The van der Waals surface area contributed by atoms with Gasteiger partial charge < -0.3 is 15.0 Å². The van der Waals surface area contributed by atoms with Crippen LogP contribution in [0.1, 0.15) is 11.3 Å². The van der Waals surface area contributed by atoms with E-state index < -0.39 is 0 Å². The molecule has 5 rings (SSSR count). The van der Waals surface area contributed by atoms with Crippen molar-refractivity contribution in [2.75, 3.05) is 49.5 Å². The SMILES string of the molecule is Cc1ccc2c(N3CCN(C/C=C/c4ccc5c(c4)NC(=O)CO5)CC3)cccc2n1.Cl. The Morgan fingerprint density at radius 3 is 2.78 bits per heavy atom. The number of carbonyl (C=O) groups is 1. The number of carbonyl (C=O) groups excluding carboxylic acids is 1. The minimum atomic E-state index is -0.108.